The molecule has 1 aliphatic heterocycles. The number of pyridine rings is 1. The number of amides is 1. The summed E-state index contributed by atoms with van der Waals surface area (Å²) in [5.74, 6) is 0. The number of rotatable bonds is 2. The standard InChI is InChI=1S/C23H27ClN4O3/c1-14-13-27(22(29)31-23(3,4)5)10-11-28(14)21-26-18-12-16(24)15(2)19(20(18)30-21)17-8-6-7-9-25-17/h6-9,12,14H,10-11,13H2,1-5H3/t14-/m0/s1. The lowest BCUT2D eigenvalue weighted by Crippen LogP contribution is -2.54. The van der Waals surface area contributed by atoms with Crippen LogP contribution in [0.3, 0.4) is 0 Å². The molecule has 1 amide bonds. The second kappa shape index (κ2) is 8.04. The summed E-state index contributed by atoms with van der Waals surface area (Å²) < 4.78 is 11.8. The van der Waals surface area contributed by atoms with Crippen molar-refractivity contribution in [1.82, 2.24) is 14.9 Å². The number of piperazine rings is 1. The van der Waals surface area contributed by atoms with Crippen LogP contribution >= 0.6 is 11.6 Å². The topological polar surface area (TPSA) is 71.7 Å². The lowest BCUT2D eigenvalue weighted by atomic mass is 10.0. The van der Waals surface area contributed by atoms with E-state index in [0.717, 1.165) is 16.8 Å². The molecule has 0 saturated carbocycles. The number of carbonyl (C=O) groups excluding carboxylic acids is 1. The number of nitrogens with zero attached hydrogens (tertiary/aromatic N) is 4. The van der Waals surface area contributed by atoms with E-state index in [2.05, 4.69) is 9.88 Å². The summed E-state index contributed by atoms with van der Waals surface area (Å²) >= 11 is 6.49. The number of benzene rings is 1. The van der Waals surface area contributed by atoms with Crippen molar-refractivity contribution in [3.8, 4) is 11.3 Å². The highest BCUT2D eigenvalue weighted by atomic mass is 35.5. The number of hydrogen-bond acceptors (Lipinski definition) is 6. The molecule has 2 aromatic heterocycles. The second-order valence-electron chi connectivity index (χ2n) is 8.89. The van der Waals surface area contributed by atoms with Crippen LogP contribution in [0, 0.1) is 6.92 Å². The van der Waals surface area contributed by atoms with Crippen LogP contribution in [0.25, 0.3) is 22.4 Å². The summed E-state index contributed by atoms with van der Waals surface area (Å²) in [6.45, 7) is 11.3. The van der Waals surface area contributed by atoms with Crippen LogP contribution in [0.5, 0.6) is 0 Å². The highest BCUT2D eigenvalue weighted by molar-refractivity contribution is 6.32. The van der Waals surface area contributed by atoms with Crippen molar-refractivity contribution in [2.24, 2.45) is 0 Å². The van der Waals surface area contributed by atoms with Gasteiger partial charge in [-0.1, -0.05) is 17.7 Å². The maximum Gasteiger partial charge on any atom is 0.410 e. The molecule has 0 radical (unpaired) electrons. The zero-order valence-corrected chi connectivity index (χ0v) is 19.2. The van der Waals surface area contributed by atoms with E-state index in [0.29, 0.717) is 41.8 Å². The lowest BCUT2D eigenvalue weighted by molar-refractivity contribution is 0.0216. The molecular weight excluding hydrogens is 416 g/mol. The van der Waals surface area contributed by atoms with E-state index in [4.69, 9.17) is 25.7 Å². The molecule has 31 heavy (non-hydrogen) atoms. The monoisotopic (exact) mass is 442 g/mol. The molecular formula is C23H27ClN4O3. The number of fused-ring (bicyclic) bond motifs is 1. The molecule has 3 heterocycles. The van der Waals surface area contributed by atoms with E-state index in [1.165, 1.54) is 0 Å². The molecule has 8 heteroatoms. The quantitative estimate of drug-likeness (QED) is 0.536. The van der Waals surface area contributed by atoms with E-state index in [-0.39, 0.29) is 12.1 Å². The van der Waals surface area contributed by atoms with Crippen LogP contribution in [0.4, 0.5) is 10.8 Å². The maximum absolute atomic E-state index is 12.4. The zero-order chi connectivity index (χ0) is 22.3. The van der Waals surface area contributed by atoms with Gasteiger partial charge in [0.25, 0.3) is 6.01 Å². The lowest BCUT2D eigenvalue weighted by Gasteiger charge is -2.39. The summed E-state index contributed by atoms with van der Waals surface area (Å²) in [6, 6.07) is 8.10. The van der Waals surface area contributed by atoms with Crippen molar-refractivity contribution < 1.29 is 13.9 Å². The third kappa shape index (κ3) is 4.32. The number of aromatic nitrogens is 2. The van der Waals surface area contributed by atoms with Crippen LogP contribution in [0.2, 0.25) is 5.02 Å². The number of halogens is 1. The Labute approximate surface area is 187 Å². The molecule has 1 fully saturated rings. The predicted octanol–water partition coefficient (Wildman–Crippen LogP) is 5.30. The van der Waals surface area contributed by atoms with Crippen molar-refractivity contribution in [3.05, 3.63) is 41.0 Å². The Morgan fingerprint density at radius 3 is 2.71 bits per heavy atom. The van der Waals surface area contributed by atoms with Gasteiger partial charge in [-0.05, 0) is 58.4 Å². The molecule has 3 aromatic rings. The van der Waals surface area contributed by atoms with Gasteiger partial charge in [-0.2, -0.15) is 4.98 Å². The average Bonchev–Trinajstić information content (AvgIpc) is 3.11. The molecule has 0 unspecified atom stereocenters. The molecule has 0 bridgehead atoms. The Morgan fingerprint density at radius 2 is 2.06 bits per heavy atom. The van der Waals surface area contributed by atoms with Gasteiger partial charge in [0.15, 0.2) is 5.58 Å². The van der Waals surface area contributed by atoms with Crippen LogP contribution in [-0.4, -0.2) is 52.2 Å². The Bertz CT molecular complexity index is 1110. The second-order valence-corrected chi connectivity index (χ2v) is 9.29. The van der Waals surface area contributed by atoms with Gasteiger partial charge in [0.05, 0.1) is 5.69 Å². The molecule has 0 spiro atoms. The first kappa shape index (κ1) is 21.4. The van der Waals surface area contributed by atoms with Gasteiger partial charge >= 0.3 is 6.09 Å². The third-order valence-corrected chi connectivity index (χ3v) is 5.70. The van der Waals surface area contributed by atoms with Crippen molar-refractivity contribution in [2.75, 3.05) is 24.5 Å². The summed E-state index contributed by atoms with van der Waals surface area (Å²) in [5, 5.41) is 0.621. The normalized spacial score (nSPS) is 17.3. The Morgan fingerprint density at radius 1 is 1.29 bits per heavy atom. The number of oxazole rings is 1. The van der Waals surface area contributed by atoms with E-state index >= 15 is 0 Å². The van der Waals surface area contributed by atoms with Crippen LogP contribution in [0.1, 0.15) is 33.3 Å². The molecule has 4 rings (SSSR count). The molecule has 164 valence electrons. The SMILES string of the molecule is Cc1c(Cl)cc2nc(N3CCN(C(=O)OC(C)(C)C)C[C@@H]3C)oc2c1-c1ccccn1. The van der Waals surface area contributed by atoms with Crippen molar-refractivity contribution in [3.63, 3.8) is 0 Å². The average molecular weight is 443 g/mol. The Hall–Kier alpha value is -2.80. The first-order valence-corrected chi connectivity index (χ1v) is 10.8. The van der Waals surface area contributed by atoms with E-state index in [1.807, 2.05) is 58.9 Å². The Balaban J connectivity index is 1.64. The fourth-order valence-corrected chi connectivity index (χ4v) is 3.99. The van der Waals surface area contributed by atoms with Gasteiger partial charge in [-0.25, -0.2) is 4.79 Å². The minimum atomic E-state index is -0.517. The number of hydrogen-bond donors (Lipinski definition) is 0. The summed E-state index contributed by atoms with van der Waals surface area (Å²) in [6.07, 6.45) is 1.45. The first-order valence-electron chi connectivity index (χ1n) is 10.4. The van der Waals surface area contributed by atoms with E-state index in [9.17, 15) is 4.79 Å². The summed E-state index contributed by atoms with van der Waals surface area (Å²) in [5.41, 5.74) is 3.38. The smallest absolute Gasteiger partial charge is 0.410 e. The Kier molecular flexibility index (Phi) is 5.56. The van der Waals surface area contributed by atoms with Crippen molar-refractivity contribution >= 4 is 34.8 Å². The maximum atomic E-state index is 12.4. The fraction of sp³-hybridized carbons (Fsp3) is 0.435. The van der Waals surface area contributed by atoms with Crippen LogP contribution in [0.15, 0.2) is 34.9 Å². The van der Waals surface area contributed by atoms with Crippen LogP contribution in [-0.2, 0) is 4.74 Å². The minimum Gasteiger partial charge on any atom is -0.444 e. The fourth-order valence-electron chi connectivity index (χ4n) is 3.79. The summed E-state index contributed by atoms with van der Waals surface area (Å²) in [4.78, 5) is 25.4. The van der Waals surface area contributed by atoms with Gasteiger partial charge in [0.2, 0.25) is 0 Å². The van der Waals surface area contributed by atoms with Crippen molar-refractivity contribution in [2.45, 2.75) is 46.3 Å². The number of ether oxygens (including phenoxy) is 1. The molecule has 1 aliphatic rings. The van der Waals surface area contributed by atoms with Gasteiger partial charge in [0.1, 0.15) is 11.1 Å². The highest BCUT2D eigenvalue weighted by Gasteiger charge is 2.32. The molecule has 1 aromatic carbocycles. The van der Waals surface area contributed by atoms with Gasteiger partial charge in [0, 0.05) is 42.5 Å². The first-order chi connectivity index (χ1) is 14.6. The molecule has 1 saturated heterocycles. The van der Waals surface area contributed by atoms with Gasteiger partial charge in [-0.3, -0.25) is 4.98 Å². The molecule has 0 N–H and O–H groups in total. The third-order valence-electron chi connectivity index (χ3n) is 5.31. The predicted molar refractivity (Wildman–Crippen MR) is 122 cm³/mol. The highest BCUT2D eigenvalue weighted by Crippen LogP contribution is 2.37. The van der Waals surface area contributed by atoms with Gasteiger partial charge in [-0.15, -0.1) is 0 Å². The van der Waals surface area contributed by atoms with E-state index < -0.39 is 5.60 Å². The number of carbonyl (C=O) groups is 1. The van der Waals surface area contributed by atoms with Gasteiger partial charge < -0.3 is 19.0 Å². The molecule has 0 aliphatic carbocycles. The minimum absolute atomic E-state index is 0.0178. The zero-order valence-electron chi connectivity index (χ0n) is 18.5. The molecule has 1 atom stereocenters. The molecule has 7 nitrogen and oxygen atoms in total. The van der Waals surface area contributed by atoms with Crippen molar-refractivity contribution in [1.29, 1.82) is 0 Å². The number of anilines is 1. The van der Waals surface area contributed by atoms with Crippen LogP contribution < -0.4 is 4.90 Å². The largest absolute Gasteiger partial charge is 0.444 e. The summed E-state index contributed by atoms with van der Waals surface area (Å²) in [7, 11) is 0. The van der Waals surface area contributed by atoms with E-state index in [1.54, 1.807) is 11.1 Å².